The summed E-state index contributed by atoms with van der Waals surface area (Å²) in [6, 6.07) is 14.7. The Hall–Kier alpha value is -2.07. The molecule has 0 radical (unpaired) electrons. The minimum atomic E-state index is -0.349. The zero-order valence-electron chi connectivity index (χ0n) is 14.2. The molecule has 24 heavy (non-hydrogen) atoms. The third-order valence-electron chi connectivity index (χ3n) is 4.93. The largest absolute Gasteiger partial charge is 0.393 e. The van der Waals surface area contributed by atoms with Crippen LogP contribution in [0, 0.1) is 5.92 Å². The number of nitrogens with one attached hydrogen (secondary N) is 1. The minimum absolute atomic E-state index is 0.0128. The van der Waals surface area contributed by atoms with Crippen LogP contribution in [0.2, 0.25) is 0 Å². The van der Waals surface area contributed by atoms with E-state index in [0.29, 0.717) is 13.1 Å². The quantitative estimate of drug-likeness (QED) is 0.906. The second kappa shape index (κ2) is 7.67. The predicted molar refractivity (Wildman–Crippen MR) is 97.0 cm³/mol. The third kappa shape index (κ3) is 4.06. The summed E-state index contributed by atoms with van der Waals surface area (Å²) in [6.07, 6.45) is 2.44. The lowest BCUT2D eigenvalue weighted by atomic mass is 9.94. The Balaban J connectivity index is 1.50. The molecule has 1 aliphatic rings. The molecule has 2 unspecified atom stereocenters. The van der Waals surface area contributed by atoms with Crippen molar-refractivity contribution < 1.29 is 9.90 Å². The fraction of sp³-hybridized carbons (Fsp3) is 0.450. The van der Waals surface area contributed by atoms with Crippen LogP contribution < -0.4 is 5.32 Å². The lowest BCUT2D eigenvalue weighted by Gasteiger charge is -2.34. The Morgan fingerprint density at radius 3 is 2.88 bits per heavy atom. The van der Waals surface area contributed by atoms with Crippen molar-refractivity contribution in [1.82, 2.24) is 10.2 Å². The Morgan fingerprint density at radius 1 is 1.29 bits per heavy atom. The van der Waals surface area contributed by atoms with E-state index in [0.717, 1.165) is 25.8 Å². The van der Waals surface area contributed by atoms with E-state index in [2.05, 4.69) is 35.6 Å². The number of urea groups is 1. The molecule has 2 aromatic rings. The number of amides is 2. The van der Waals surface area contributed by atoms with Gasteiger partial charge in [0.1, 0.15) is 0 Å². The van der Waals surface area contributed by atoms with Crippen LogP contribution in [0.3, 0.4) is 0 Å². The highest BCUT2D eigenvalue weighted by Crippen LogP contribution is 2.19. The van der Waals surface area contributed by atoms with Crippen LogP contribution >= 0.6 is 0 Å². The van der Waals surface area contributed by atoms with Crippen LogP contribution in [0.5, 0.6) is 0 Å². The molecule has 1 saturated heterocycles. The first kappa shape index (κ1) is 16.8. The Labute approximate surface area is 143 Å². The molecule has 0 bridgehead atoms. The number of fused-ring (bicyclic) bond motifs is 1. The van der Waals surface area contributed by atoms with Crippen molar-refractivity contribution >= 4 is 16.8 Å². The molecule has 0 saturated carbocycles. The van der Waals surface area contributed by atoms with Crippen LogP contribution in [0.15, 0.2) is 42.5 Å². The van der Waals surface area contributed by atoms with Crippen molar-refractivity contribution in [2.75, 3.05) is 19.6 Å². The third-order valence-corrected chi connectivity index (χ3v) is 4.93. The van der Waals surface area contributed by atoms with E-state index in [-0.39, 0.29) is 18.1 Å². The number of aliphatic hydroxyl groups is 1. The van der Waals surface area contributed by atoms with Gasteiger partial charge < -0.3 is 15.3 Å². The molecule has 0 spiro atoms. The number of carbonyl (C=O) groups excluding carboxylic acids is 1. The SMILES string of the molecule is CC(O)C1CCCN(C(=O)NCCc2ccc3ccccc3c2)C1. The van der Waals surface area contributed by atoms with Crippen LogP contribution in [-0.4, -0.2) is 41.8 Å². The first-order valence-electron chi connectivity index (χ1n) is 8.82. The first-order chi connectivity index (χ1) is 11.6. The number of nitrogens with zero attached hydrogens (tertiary/aromatic N) is 1. The smallest absolute Gasteiger partial charge is 0.317 e. The number of benzene rings is 2. The predicted octanol–water partition coefficient (Wildman–Crippen LogP) is 3.18. The molecule has 4 heteroatoms. The summed E-state index contributed by atoms with van der Waals surface area (Å²) in [7, 11) is 0. The lowest BCUT2D eigenvalue weighted by molar-refractivity contribution is 0.0740. The van der Waals surface area contributed by atoms with E-state index in [1.54, 1.807) is 0 Å². The summed E-state index contributed by atoms with van der Waals surface area (Å²) in [6.45, 7) is 3.88. The molecule has 2 aromatic carbocycles. The van der Waals surface area contributed by atoms with Gasteiger partial charge in [0.15, 0.2) is 0 Å². The molecule has 2 atom stereocenters. The molecule has 0 aliphatic carbocycles. The maximum atomic E-state index is 12.3. The number of hydrogen-bond acceptors (Lipinski definition) is 2. The summed E-state index contributed by atoms with van der Waals surface area (Å²) in [5.41, 5.74) is 1.23. The topological polar surface area (TPSA) is 52.6 Å². The maximum Gasteiger partial charge on any atom is 0.317 e. The monoisotopic (exact) mass is 326 g/mol. The number of hydrogen-bond donors (Lipinski definition) is 2. The van der Waals surface area contributed by atoms with Gasteiger partial charge in [-0.05, 0) is 42.5 Å². The van der Waals surface area contributed by atoms with Gasteiger partial charge in [-0.15, -0.1) is 0 Å². The van der Waals surface area contributed by atoms with Crippen molar-refractivity contribution in [2.24, 2.45) is 5.92 Å². The summed E-state index contributed by atoms with van der Waals surface area (Å²) in [5.74, 6) is 0.199. The van der Waals surface area contributed by atoms with E-state index in [1.807, 2.05) is 24.0 Å². The van der Waals surface area contributed by atoms with Gasteiger partial charge in [-0.1, -0.05) is 42.5 Å². The molecular formula is C20H26N2O2. The van der Waals surface area contributed by atoms with Gasteiger partial charge in [0.2, 0.25) is 0 Å². The molecule has 2 N–H and O–H groups in total. The van der Waals surface area contributed by atoms with E-state index in [9.17, 15) is 9.90 Å². The van der Waals surface area contributed by atoms with Crippen LogP contribution in [-0.2, 0) is 6.42 Å². The number of aliphatic hydroxyl groups excluding tert-OH is 1. The van der Waals surface area contributed by atoms with Crippen molar-refractivity contribution in [3.8, 4) is 0 Å². The average molecular weight is 326 g/mol. The van der Waals surface area contributed by atoms with Crippen LogP contribution in [0.25, 0.3) is 10.8 Å². The molecule has 4 nitrogen and oxygen atoms in total. The van der Waals surface area contributed by atoms with Crippen molar-refractivity contribution in [3.05, 3.63) is 48.0 Å². The summed E-state index contributed by atoms with van der Waals surface area (Å²) in [4.78, 5) is 14.1. The first-order valence-corrected chi connectivity index (χ1v) is 8.82. The van der Waals surface area contributed by atoms with Crippen LogP contribution in [0.4, 0.5) is 4.79 Å². The second-order valence-electron chi connectivity index (χ2n) is 6.75. The number of carbonyl (C=O) groups is 1. The standard InChI is InChI=1S/C20H26N2O2/c1-15(23)19-7-4-12-22(14-19)20(24)21-11-10-16-8-9-17-5-2-3-6-18(17)13-16/h2-3,5-6,8-9,13,15,19,23H,4,7,10-12,14H2,1H3,(H,21,24). The van der Waals surface area contributed by atoms with Gasteiger partial charge in [0.05, 0.1) is 6.10 Å². The summed E-state index contributed by atoms with van der Waals surface area (Å²) in [5, 5.41) is 15.2. The van der Waals surface area contributed by atoms with Crippen molar-refractivity contribution in [2.45, 2.75) is 32.3 Å². The van der Waals surface area contributed by atoms with E-state index >= 15 is 0 Å². The highest BCUT2D eigenvalue weighted by atomic mass is 16.3. The van der Waals surface area contributed by atoms with Crippen molar-refractivity contribution in [1.29, 1.82) is 0 Å². The van der Waals surface area contributed by atoms with Gasteiger partial charge in [0, 0.05) is 25.6 Å². The highest BCUT2D eigenvalue weighted by molar-refractivity contribution is 5.83. The summed E-state index contributed by atoms with van der Waals surface area (Å²) < 4.78 is 0. The Kier molecular flexibility index (Phi) is 5.36. The van der Waals surface area contributed by atoms with E-state index in [1.165, 1.54) is 16.3 Å². The Morgan fingerprint density at radius 2 is 2.08 bits per heavy atom. The number of likely N-dealkylation sites (tertiary alicyclic amines) is 1. The van der Waals surface area contributed by atoms with Gasteiger partial charge >= 0.3 is 6.03 Å². The number of rotatable bonds is 4. The zero-order valence-corrected chi connectivity index (χ0v) is 14.2. The van der Waals surface area contributed by atoms with Gasteiger partial charge in [-0.25, -0.2) is 4.79 Å². The van der Waals surface area contributed by atoms with Gasteiger partial charge in [0.25, 0.3) is 0 Å². The van der Waals surface area contributed by atoms with Gasteiger partial charge in [-0.2, -0.15) is 0 Å². The van der Waals surface area contributed by atoms with Gasteiger partial charge in [-0.3, -0.25) is 0 Å². The number of piperidine rings is 1. The lowest BCUT2D eigenvalue weighted by Crippen LogP contribution is -2.47. The molecule has 128 valence electrons. The molecule has 0 aromatic heterocycles. The molecule has 1 heterocycles. The second-order valence-corrected chi connectivity index (χ2v) is 6.75. The van der Waals surface area contributed by atoms with E-state index < -0.39 is 0 Å². The fourth-order valence-corrected chi connectivity index (χ4v) is 3.41. The molecule has 2 amide bonds. The Bertz CT molecular complexity index is 699. The maximum absolute atomic E-state index is 12.3. The van der Waals surface area contributed by atoms with Crippen molar-refractivity contribution in [3.63, 3.8) is 0 Å². The normalized spacial score (nSPS) is 19.2. The van der Waals surface area contributed by atoms with Crippen LogP contribution in [0.1, 0.15) is 25.3 Å². The molecule has 1 fully saturated rings. The minimum Gasteiger partial charge on any atom is -0.393 e. The average Bonchev–Trinajstić information content (AvgIpc) is 2.61. The molecular weight excluding hydrogens is 300 g/mol. The zero-order chi connectivity index (χ0) is 16.9. The molecule has 3 rings (SSSR count). The molecule has 1 aliphatic heterocycles. The summed E-state index contributed by atoms with van der Waals surface area (Å²) >= 11 is 0. The highest BCUT2D eigenvalue weighted by Gasteiger charge is 2.26. The van der Waals surface area contributed by atoms with E-state index in [4.69, 9.17) is 0 Å². The fourth-order valence-electron chi connectivity index (χ4n) is 3.41.